The molecule has 0 aliphatic rings. The van der Waals surface area contributed by atoms with Crippen LogP contribution >= 0.6 is 11.6 Å². The maximum absolute atomic E-state index is 6.31. The summed E-state index contributed by atoms with van der Waals surface area (Å²) in [5, 5.41) is 4.09. The molecule has 108 valence electrons. The largest absolute Gasteiger partial charge is 0.495 e. The lowest BCUT2D eigenvalue weighted by Gasteiger charge is -2.22. The van der Waals surface area contributed by atoms with Gasteiger partial charge in [0.25, 0.3) is 0 Å². The van der Waals surface area contributed by atoms with Crippen LogP contribution in [-0.2, 0) is 0 Å². The summed E-state index contributed by atoms with van der Waals surface area (Å²) in [5.74, 6) is 1.36. The van der Waals surface area contributed by atoms with Crippen molar-refractivity contribution in [2.45, 2.75) is 39.2 Å². The number of halogens is 1. The number of ether oxygens (including phenoxy) is 2. The van der Waals surface area contributed by atoms with Gasteiger partial charge in [-0.25, -0.2) is 0 Å². The Kier molecular flexibility index (Phi) is 7.03. The van der Waals surface area contributed by atoms with Crippen LogP contribution in [0.3, 0.4) is 0 Å². The number of rotatable bonds is 8. The molecule has 3 nitrogen and oxygen atoms in total. The van der Waals surface area contributed by atoms with Crippen LogP contribution in [0.25, 0.3) is 0 Å². The van der Waals surface area contributed by atoms with Crippen molar-refractivity contribution in [2.24, 2.45) is 0 Å². The second-order valence-corrected chi connectivity index (χ2v) is 4.88. The van der Waals surface area contributed by atoms with E-state index >= 15 is 0 Å². The van der Waals surface area contributed by atoms with Crippen molar-refractivity contribution >= 4 is 11.6 Å². The summed E-state index contributed by atoms with van der Waals surface area (Å²) in [6.07, 6.45) is 3.26. The molecule has 0 aliphatic heterocycles. The second-order valence-electron chi connectivity index (χ2n) is 4.50. The molecule has 0 radical (unpaired) electrons. The first-order chi connectivity index (χ1) is 9.19. The molecule has 1 aromatic carbocycles. The molecule has 1 rings (SSSR count). The summed E-state index contributed by atoms with van der Waals surface area (Å²) in [7, 11) is 3.26. The Balaban J connectivity index is 3.10. The zero-order valence-corrected chi connectivity index (χ0v) is 13.0. The molecule has 19 heavy (non-hydrogen) atoms. The van der Waals surface area contributed by atoms with Gasteiger partial charge in [-0.15, -0.1) is 0 Å². The molecule has 0 saturated heterocycles. The van der Waals surface area contributed by atoms with Crippen LogP contribution in [0, 0.1) is 0 Å². The number of nitrogens with one attached hydrogen (secondary N) is 1. The zero-order valence-electron chi connectivity index (χ0n) is 12.3. The molecule has 0 aromatic heterocycles. The lowest BCUT2D eigenvalue weighted by Crippen LogP contribution is -2.22. The van der Waals surface area contributed by atoms with Gasteiger partial charge in [0.15, 0.2) is 0 Å². The van der Waals surface area contributed by atoms with E-state index in [1.54, 1.807) is 14.2 Å². The summed E-state index contributed by atoms with van der Waals surface area (Å²) < 4.78 is 10.7. The predicted molar refractivity (Wildman–Crippen MR) is 80.5 cm³/mol. The highest BCUT2D eigenvalue weighted by Crippen LogP contribution is 2.40. The van der Waals surface area contributed by atoms with Gasteiger partial charge < -0.3 is 14.8 Å². The van der Waals surface area contributed by atoms with Crippen LogP contribution in [0.5, 0.6) is 11.5 Å². The smallest absolute Gasteiger partial charge is 0.146 e. The van der Waals surface area contributed by atoms with Gasteiger partial charge in [0.05, 0.1) is 14.2 Å². The molecule has 0 saturated carbocycles. The van der Waals surface area contributed by atoms with Crippen LogP contribution < -0.4 is 14.8 Å². The van der Waals surface area contributed by atoms with E-state index in [2.05, 4.69) is 19.2 Å². The van der Waals surface area contributed by atoms with E-state index in [9.17, 15) is 0 Å². The van der Waals surface area contributed by atoms with Crippen LogP contribution in [-0.4, -0.2) is 20.8 Å². The minimum Gasteiger partial charge on any atom is -0.495 e. The van der Waals surface area contributed by atoms with Crippen LogP contribution in [0.4, 0.5) is 0 Å². The summed E-state index contributed by atoms with van der Waals surface area (Å²) in [6.45, 7) is 5.32. The Morgan fingerprint density at radius 2 is 1.89 bits per heavy atom. The van der Waals surface area contributed by atoms with Crippen LogP contribution in [0.1, 0.15) is 44.7 Å². The van der Waals surface area contributed by atoms with Crippen molar-refractivity contribution in [3.63, 3.8) is 0 Å². The normalized spacial score (nSPS) is 12.3. The zero-order chi connectivity index (χ0) is 14.3. The van der Waals surface area contributed by atoms with Crippen molar-refractivity contribution in [2.75, 3.05) is 20.8 Å². The average molecular weight is 286 g/mol. The number of benzene rings is 1. The monoisotopic (exact) mass is 285 g/mol. The van der Waals surface area contributed by atoms with E-state index in [0.717, 1.165) is 31.4 Å². The Morgan fingerprint density at radius 3 is 2.42 bits per heavy atom. The van der Waals surface area contributed by atoms with Crippen molar-refractivity contribution < 1.29 is 9.47 Å². The lowest BCUT2D eigenvalue weighted by atomic mass is 10.0. The van der Waals surface area contributed by atoms with E-state index in [4.69, 9.17) is 21.1 Å². The van der Waals surface area contributed by atoms with Gasteiger partial charge in [0.1, 0.15) is 16.5 Å². The highest BCUT2D eigenvalue weighted by atomic mass is 35.5. The Labute approximate surface area is 121 Å². The molecule has 1 aromatic rings. The van der Waals surface area contributed by atoms with E-state index < -0.39 is 0 Å². The molecule has 0 heterocycles. The summed E-state index contributed by atoms with van der Waals surface area (Å²) in [6, 6.07) is 4.20. The van der Waals surface area contributed by atoms with E-state index in [-0.39, 0.29) is 6.04 Å². The van der Waals surface area contributed by atoms with Gasteiger partial charge in [0, 0.05) is 11.6 Å². The minimum atomic E-state index is 0.267. The van der Waals surface area contributed by atoms with Gasteiger partial charge in [-0.1, -0.05) is 31.9 Å². The third-order valence-corrected chi connectivity index (χ3v) is 3.47. The predicted octanol–water partition coefficient (Wildman–Crippen LogP) is 4.20. The van der Waals surface area contributed by atoms with Gasteiger partial charge in [-0.3, -0.25) is 0 Å². The maximum atomic E-state index is 6.31. The number of methoxy groups -OCH3 is 2. The van der Waals surface area contributed by atoms with Crippen molar-refractivity contribution in [1.29, 1.82) is 0 Å². The number of hydrogen-bond donors (Lipinski definition) is 1. The Bertz CT molecular complexity index is 396. The fraction of sp³-hybridized carbons (Fsp3) is 0.600. The Morgan fingerprint density at radius 1 is 1.16 bits per heavy atom. The van der Waals surface area contributed by atoms with Gasteiger partial charge in [-0.2, -0.15) is 0 Å². The fourth-order valence-corrected chi connectivity index (χ4v) is 2.49. The highest BCUT2D eigenvalue weighted by Gasteiger charge is 2.19. The fourth-order valence-electron chi connectivity index (χ4n) is 2.17. The standard InChI is InChI=1S/C15H24ClNO2/c1-5-7-12(17-10-6-2)11-8-9-13(18-3)14(16)15(11)19-4/h8-9,12,17H,5-7,10H2,1-4H3. The molecule has 0 bridgehead atoms. The molecule has 0 aliphatic carbocycles. The molecule has 4 heteroatoms. The molecule has 1 N–H and O–H groups in total. The summed E-state index contributed by atoms with van der Waals surface area (Å²) >= 11 is 6.31. The van der Waals surface area contributed by atoms with Crippen LogP contribution in [0.2, 0.25) is 5.02 Å². The van der Waals surface area contributed by atoms with Gasteiger partial charge >= 0.3 is 0 Å². The highest BCUT2D eigenvalue weighted by molar-refractivity contribution is 6.33. The molecular weight excluding hydrogens is 262 g/mol. The molecule has 0 fully saturated rings. The first kappa shape index (κ1) is 16.1. The quantitative estimate of drug-likeness (QED) is 0.776. The van der Waals surface area contributed by atoms with Crippen molar-refractivity contribution in [3.8, 4) is 11.5 Å². The molecular formula is C15H24ClNO2. The maximum Gasteiger partial charge on any atom is 0.146 e. The van der Waals surface area contributed by atoms with Gasteiger partial charge in [0.2, 0.25) is 0 Å². The average Bonchev–Trinajstić information content (AvgIpc) is 2.43. The van der Waals surface area contributed by atoms with Crippen molar-refractivity contribution in [3.05, 3.63) is 22.7 Å². The minimum absolute atomic E-state index is 0.267. The third-order valence-electron chi connectivity index (χ3n) is 3.11. The molecule has 0 spiro atoms. The molecule has 1 atom stereocenters. The second kappa shape index (κ2) is 8.28. The first-order valence-corrected chi connectivity index (χ1v) is 7.21. The van der Waals surface area contributed by atoms with E-state index in [1.165, 1.54) is 0 Å². The lowest BCUT2D eigenvalue weighted by molar-refractivity contribution is 0.381. The first-order valence-electron chi connectivity index (χ1n) is 6.83. The summed E-state index contributed by atoms with van der Waals surface area (Å²) in [4.78, 5) is 0. The van der Waals surface area contributed by atoms with Crippen LogP contribution in [0.15, 0.2) is 12.1 Å². The van der Waals surface area contributed by atoms with Gasteiger partial charge in [-0.05, 0) is 31.5 Å². The van der Waals surface area contributed by atoms with E-state index in [1.807, 2.05) is 12.1 Å². The Hall–Kier alpha value is -0.930. The topological polar surface area (TPSA) is 30.5 Å². The summed E-state index contributed by atoms with van der Waals surface area (Å²) in [5.41, 5.74) is 1.10. The molecule has 1 unspecified atom stereocenters. The number of hydrogen-bond acceptors (Lipinski definition) is 3. The molecule has 0 amide bonds. The van der Waals surface area contributed by atoms with Crippen molar-refractivity contribution in [1.82, 2.24) is 5.32 Å². The SMILES string of the molecule is CCCNC(CCC)c1ccc(OC)c(Cl)c1OC. The van der Waals surface area contributed by atoms with E-state index in [0.29, 0.717) is 16.5 Å². The third kappa shape index (κ3) is 4.02.